The molecule has 0 fully saturated rings. The van der Waals surface area contributed by atoms with Gasteiger partial charge in [-0.25, -0.2) is 9.78 Å². The van der Waals surface area contributed by atoms with Crippen molar-refractivity contribution in [3.05, 3.63) is 16.1 Å². The molecule has 0 unspecified atom stereocenters. The van der Waals surface area contributed by atoms with Gasteiger partial charge >= 0.3 is 5.97 Å². The summed E-state index contributed by atoms with van der Waals surface area (Å²) in [6.45, 7) is 5.90. The summed E-state index contributed by atoms with van der Waals surface area (Å²) in [5.74, 6) is -0.289. The summed E-state index contributed by atoms with van der Waals surface area (Å²) in [6, 6.07) is 0. The van der Waals surface area contributed by atoms with E-state index in [0.29, 0.717) is 16.5 Å². The van der Waals surface area contributed by atoms with Crippen LogP contribution in [0.4, 0.5) is 0 Å². The van der Waals surface area contributed by atoms with E-state index in [1.54, 1.807) is 6.92 Å². The van der Waals surface area contributed by atoms with Gasteiger partial charge in [0.2, 0.25) is 0 Å². The number of rotatable bonds is 4. The highest BCUT2D eigenvalue weighted by atomic mass is 32.1. The Hall–Kier alpha value is -0.940. The fraction of sp³-hybridized carbons (Fsp3) is 0.600. The fourth-order valence-electron chi connectivity index (χ4n) is 1.01. The average molecular weight is 229 g/mol. The lowest BCUT2D eigenvalue weighted by molar-refractivity contribution is 0.0532. The maximum Gasteiger partial charge on any atom is 0.349 e. The molecular formula is C10H15NO3S. The Morgan fingerprint density at radius 2 is 2.33 bits per heavy atom. The molecule has 0 aliphatic carbocycles. The van der Waals surface area contributed by atoms with Crippen LogP contribution >= 0.6 is 11.3 Å². The van der Waals surface area contributed by atoms with Crippen molar-refractivity contribution < 1.29 is 14.6 Å². The van der Waals surface area contributed by atoms with E-state index in [9.17, 15) is 9.90 Å². The van der Waals surface area contributed by atoms with Crippen LogP contribution in [0.15, 0.2) is 6.20 Å². The Bertz CT molecular complexity index is 335. The summed E-state index contributed by atoms with van der Waals surface area (Å²) in [5, 5.41) is 10.3. The molecule has 84 valence electrons. The van der Waals surface area contributed by atoms with Gasteiger partial charge in [0.25, 0.3) is 0 Å². The summed E-state index contributed by atoms with van der Waals surface area (Å²) < 4.78 is 4.83. The summed E-state index contributed by atoms with van der Waals surface area (Å²) in [6.07, 6.45) is 0.835. The smallest absolute Gasteiger partial charge is 0.349 e. The predicted molar refractivity (Wildman–Crippen MR) is 57.9 cm³/mol. The second kappa shape index (κ2) is 5.23. The lowest BCUT2D eigenvalue weighted by Gasteiger charge is -2.10. The maximum absolute atomic E-state index is 11.3. The van der Waals surface area contributed by atoms with E-state index in [1.807, 2.05) is 13.8 Å². The van der Waals surface area contributed by atoms with Gasteiger partial charge < -0.3 is 9.84 Å². The molecule has 1 atom stereocenters. The van der Waals surface area contributed by atoms with Crippen LogP contribution in [0.2, 0.25) is 0 Å². The average Bonchev–Trinajstić information content (AvgIpc) is 2.65. The van der Waals surface area contributed by atoms with Crippen molar-refractivity contribution in [2.45, 2.75) is 26.9 Å². The number of hydrogen-bond acceptors (Lipinski definition) is 5. The number of carbonyl (C=O) groups excluding carboxylic acids is 1. The molecule has 0 radical (unpaired) electrons. The van der Waals surface area contributed by atoms with Crippen molar-refractivity contribution in [2.75, 3.05) is 6.61 Å². The van der Waals surface area contributed by atoms with Gasteiger partial charge in [0.05, 0.1) is 12.8 Å². The van der Waals surface area contributed by atoms with E-state index in [-0.39, 0.29) is 11.9 Å². The largest absolute Gasteiger partial charge is 0.462 e. The molecule has 4 nitrogen and oxygen atoms in total. The quantitative estimate of drug-likeness (QED) is 0.802. The summed E-state index contributed by atoms with van der Waals surface area (Å²) >= 11 is 1.18. The number of hydrogen-bond donors (Lipinski definition) is 1. The lowest BCUT2D eigenvalue weighted by atomic mass is 10.1. The number of esters is 1. The Labute approximate surface area is 92.9 Å². The zero-order valence-corrected chi connectivity index (χ0v) is 9.87. The van der Waals surface area contributed by atoms with Gasteiger partial charge in [0.1, 0.15) is 16.0 Å². The van der Waals surface area contributed by atoms with E-state index in [4.69, 9.17) is 4.74 Å². The number of ether oxygens (including phenoxy) is 1. The van der Waals surface area contributed by atoms with Crippen LogP contribution in [-0.2, 0) is 4.74 Å². The molecule has 0 bridgehead atoms. The molecule has 1 heterocycles. The first kappa shape index (κ1) is 12.1. The molecule has 1 rings (SSSR count). The van der Waals surface area contributed by atoms with Crippen molar-refractivity contribution in [1.82, 2.24) is 4.98 Å². The molecule has 0 spiro atoms. The Kier molecular flexibility index (Phi) is 4.23. The van der Waals surface area contributed by atoms with Crippen LogP contribution < -0.4 is 0 Å². The third kappa shape index (κ3) is 3.00. The van der Waals surface area contributed by atoms with Gasteiger partial charge in [0, 0.05) is 0 Å². The third-order valence-electron chi connectivity index (χ3n) is 1.88. The highest BCUT2D eigenvalue weighted by Gasteiger charge is 2.18. The van der Waals surface area contributed by atoms with E-state index in [2.05, 4.69) is 4.98 Å². The zero-order chi connectivity index (χ0) is 11.4. The van der Waals surface area contributed by atoms with Gasteiger partial charge in [-0.2, -0.15) is 0 Å². The molecule has 5 heteroatoms. The SMILES string of the molecule is CCOC(=O)c1cnc([C@H](O)C(C)C)s1. The van der Waals surface area contributed by atoms with Gasteiger partial charge in [-0.05, 0) is 12.8 Å². The Morgan fingerprint density at radius 3 is 2.87 bits per heavy atom. The molecule has 0 aliphatic rings. The second-order valence-corrected chi connectivity index (χ2v) is 4.53. The number of carbonyl (C=O) groups is 1. The number of aliphatic hydroxyl groups excluding tert-OH is 1. The molecule has 15 heavy (non-hydrogen) atoms. The van der Waals surface area contributed by atoms with Gasteiger partial charge in [0.15, 0.2) is 0 Å². The molecule has 1 N–H and O–H groups in total. The van der Waals surface area contributed by atoms with Crippen LogP contribution in [0.5, 0.6) is 0 Å². The standard InChI is InChI=1S/C10H15NO3S/c1-4-14-10(13)7-5-11-9(15-7)8(12)6(2)3/h5-6,8,12H,4H2,1-3H3/t8-/m1/s1. The first-order valence-corrected chi connectivity index (χ1v) is 5.68. The van der Waals surface area contributed by atoms with Gasteiger partial charge in [-0.3, -0.25) is 0 Å². The lowest BCUT2D eigenvalue weighted by Crippen LogP contribution is -2.04. The van der Waals surface area contributed by atoms with Crippen molar-refractivity contribution in [3.8, 4) is 0 Å². The molecule has 1 aromatic heterocycles. The first-order valence-electron chi connectivity index (χ1n) is 4.87. The predicted octanol–water partition coefficient (Wildman–Crippen LogP) is 2.01. The maximum atomic E-state index is 11.3. The zero-order valence-electron chi connectivity index (χ0n) is 9.06. The van der Waals surface area contributed by atoms with Gasteiger partial charge in [-0.1, -0.05) is 13.8 Å². The van der Waals surface area contributed by atoms with Crippen LogP contribution in [0.25, 0.3) is 0 Å². The second-order valence-electron chi connectivity index (χ2n) is 3.47. The first-order chi connectivity index (χ1) is 7.06. The van der Waals surface area contributed by atoms with E-state index < -0.39 is 6.10 Å². The topological polar surface area (TPSA) is 59.4 Å². The highest BCUT2D eigenvalue weighted by Crippen LogP contribution is 2.25. The highest BCUT2D eigenvalue weighted by molar-refractivity contribution is 7.13. The number of aliphatic hydroxyl groups is 1. The minimum Gasteiger partial charge on any atom is -0.462 e. The van der Waals surface area contributed by atoms with Crippen LogP contribution in [0.3, 0.4) is 0 Å². The van der Waals surface area contributed by atoms with Crippen molar-refractivity contribution in [2.24, 2.45) is 5.92 Å². The van der Waals surface area contributed by atoms with Crippen molar-refractivity contribution in [1.29, 1.82) is 0 Å². The molecule has 0 saturated heterocycles. The van der Waals surface area contributed by atoms with Crippen LogP contribution in [0, 0.1) is 5.92 Å². The van der Waals surface area contributed by atoms with E-state index in [0.717, 1.165) is 0 Å². The molecule has 1 aromatic rings. The van der Waals surface area contributed by atoms with Crippen LogP contribution in [0.1, 0.15) is 41.6 Å². The number of thiazole rings is 1. The number of aromatic nitrogens is 1. The normalized spacial score (nSPS) is 12.9. The van der Waals surface area contributed by atoms with Crippen molar-refractivity contribution >= 4 is 17.3 Å². The molecule has 0 aromatic carbocycles. The van der Waals surface area contributed by atoms with E-state index >= 15 is 0 Å². The summed E-state index contributed by atoms with van der Waals surface area (Å²) in [7, 11) is 0. The third-order valence-corrected chi connectivity index (χ3v) is 2.93. The minimum atomic E-state index is -0.613. The number of nitrogens with zero attached hydrogens (tertiary/aromatic N) is 1. The monoisotopic (exact) mass is 229 g/mol. The van der Waals surface area contributed by atoms with Crippen LogP contribution in [-0.4, -0.2) is 22.7 Å². The molecule has 0 amide bonds. The summed E-state index contributed by atoms with van der Waals surface area (Å²) in [4.78, 5) is 15.8. The molecule has 0 aliphatic heterocycles. The molecular weight excluding hydrogens is 214 g/mol. The van der Waals surface area contributed by atoms with E-state index in [1.165, 1.54) is 17.5 Å². The van der Waals surface area contributed by atoms with Gasteiger partial charge in [-0.15, -0.1) is 11.3 Å². The van der Waals surface area contributed by atoms with Crippen molar-refractivity contribution in [3.63, 3.8) is 0 Å². The Morgan fingerprint density at radius 1 is 1.67 bits per heavy atom. The Balaban J connectivity index is 2.76. The molecule has 0 saturated carbocycles. The minimum absolute atomic E-state index is 0.0891. The summed E-state index contributed by atoms with van der Waals surface area (Å²) in [5.41, 5.74) is 0. The fourth-order valence-corrected chi connectivity index (χ4v) is 1.98.